The summed E-state index contributed by atoms with van der Waals surface area (Å²) in [6, 6.07) is 13.4. The van der Waals surface area contributed by atoms with E-state index >= 15 is 0 Å². The van der Waals surface area contributed by atoms with Gasteiger partial charge in [0.05, 0.1) is 5.69 Å². The lowest BCUT2D eigenvalue weighted by Crippen LogP contribution is -2.14. The van der Waals surface area contributed by atoms with E-state index in [1.807, 2.05) is 19.1 Å². The number of halogens is 1. The van der Waals surface area contributed by atoms with E-state index in [1.54, 1.807) is 36.4 Å². The van der Waals surface area contributed by atoms with Crippen molar-refractivity contribution in [3.05, 3.63) is 64.7 Å². The summed E-state index contributed by atoms with van der Waals surface area (Å²) in [5.41, 5.74) is 1.72. The Labute approximate surface area is 165 Å². The van der Waals surface area contributed by atoms with Crippen molar-refractivity contribution >= 4 is 49.7 Å². The predicted octanol–water partition coefficient (Wildman–Crippen LogP) is 3.81. The number of sulfonamides is 1. The topological polar surface area (TPSA) is 101 Å². The van der Waals surface area contributed by atoms with Gasteiger partial charge in [-0.15, -0.1) is 10.2 Å². The first-order chi connectivity index (χ1) is 12.9. The Morgan fingerprint density at radius 1 is 1.11 bits per heavy atom. The second kappa shape index (κ2) is 8.03. The van der Waals surface area contributed by atoms with E-state index < -0.39 is 15.9 Å². The zero-order valence-corrected chi connectivity index (χ0v) is 16.5. The Balaban J connectivity index is 1.76. The molecular formula is C17H15ClN4O3S2. The second-order valence-electron chi connectivity index (χ2n) is 5.45. The molecule has 0 aliphatic rings. The molecule has 0 aliphatic heterocycles. The van der Waals surface area contributed by atoms with Crippen LogP contribution in [-0.2, 0) is 16.4 Å². The maximum atomic E-state index is 12.5. The molecule has 0 saturated carbocycles. The number of aryl methyl sites for hydroxylation is 1. The van der Waals surface area contributed by atoms with Gasteiger partial charge in [0, 0.05) is 10.6 Å². The monoisotopic (exact) mass is 422 g/mol. The summed E-state index contributed by atoms with van der Waals surface area (Å²) in [5.74, 6) is -0.434. The van der Waals surface area contributed by atoms with Crippen molar-refractivity contribution in [3.63, 3.8) is 0 Å². The zero-order chi connectivity index (χ0) is 19.4. The molecule has 0 radical (unpaired) electrons. The number of hydrogen-bond acceptors (Lipinski definition) is 6. The highest BCUT2D eigenvalue weighted by atomic mass is 35.5. The molecule has 0 saturated heterocycles. The lowest BCUT2D eigenvalue weighted by molar-refractivity contribution is 0.102. The van der Waals surface area contributed by atoms with Crippen LogP contribution in [0.4, 0.5) is 10.8 Å². The fourth-order valence-electron chi connectivity index (χ4n) is 2.26. The van der Waals surface area contributed by atoms with Gasteiger partial charge in [-0.05, 0) is 42.3 Å². The van der Waals surface area contributed by atoms with Crippen LogP contribution < -0.4 is 10.0 Å². The number of rotatable bonds is 6. The SMILES string of the molecule is CCc1ccccc1NS(=O)(=O)c1nnc(NC(=O)c2ccc(Cl)cc2)s1. The summed E-state index contributed by atoms with van der Waals surface area (Å²) >= 11 is 6.56. The van der Waals surface area contributed by atoms with Crippen LogP contribution in [0.25, 0.3) is 0 Å². The average Bonchev–Trinajstić information content (AvgIpc) is 3.12. The van der Waals surface area contributed by atoms with Gasteiger partial charge in [0.1, 0.15) is 0 Å². The number of aromatic nitrogens is 2. The Hall–Kier alpha value is -2.49. The number of benzene rings is 2. The van der Waals surface area contributed by atoms with Gasteiger partial charge in [-0.25, -0.2) is 0 Å². The lowest BCUT2D eigenvalue weighted by Gasteiger charge is -2.09. The highest BCUT2D eigenvalue weighted by Crippen LogP contribution is 2.25. The third-order valence-corrected chi connectivity index (χ3v) is 6.43. The zero-order valence-electron chi connectivity index (χ0n) is 14.1. The van der Waals surface area contributed by atoms with Crippen LogP contribution >= 0.6 is 22.9 Å². The Kier molecular flexibility index (Phi) is 5.73. The highest BCUT2D eigenvalue weighted by Gasteiger charge is 2.22. The van der Waals surface area contributed by atoms with Crippen molar-refractivity contribution < 1.29 is 13.2 Å². The smallest absolute Gasteiger partial charge is 0.291 e. The number of amides is 1. The maximum Gasteiger partial charge on any atom is 0.291 e. The Bertz CT molecular complexity index is 1070. The molecule has 2 aromatic carbocycles. The minimum absolute atomic E-state index is 0.0825. The number of carbonyl (C=O) groups is 1. The molecule has 10 heteroatoms. The first-order valence-corrected chi connectivity index (χ1v) is 10.6. The number of anilines is 2. The average molecular weight is 423 g/mol. The highest BCUT2D eigenvalue weighted by molar-refractivity contribution is 7.94. The van der Waals surface area contributed by atoms with Crippen molar-refractivity contribution in [2.45, 2.75) is 17.7 Å². The number of nitrogens with one attached hydrogen (secondary N) is 2. The van der Waals surface area contributed by atoms with E-state index in [-0.39, 0.29) is 9.47 Å². The number of nitrogens with zero attached hydrogens (tertiary/aromatic N) is 2. The van der Waals surface area contributed by atoms with Crippen LogP contribution in [0.3, 0.4) is 0 Å². The van der Waals surface area contributed by atoms with Crippen molar-refractivity contribution in [2.75, 3.05) is 10.0 Å². The molecule has 3 aromatic rings. The molecule has 0 aliphatic carbocycles. The summed E-state index contributed by atoms with van der Waals surface area (Å²) in [6.45, 7) is 1.93. The molecule has 0 spiro atoms. The summed E-state index contributed by atoms with van der Waals surface area (Å²) < 4.78 is 27.4. The molecule has 0 atom stereocenters. The fourth-order valence-corrected chi connectivity index (χ4v) is 4.38. The van der Waals surface area contributed by atoms with Crippen LogP contribution in [0.1, 0.15) is 22.8 Å². The van der Waals surface area contributed by atoms with Crippen molar-refractivity contribution in [2.24, 2.45) is 0 Å². The van der Waals surface area contributed by atoms with Crippen LogP contribution in [0.15, 0.2) is 52.9 Å². The summed E-state index contributed by atoms with van der Waals surface area (Å²) in [6.07, 6.45) is 0.678. The van der Waals surface area contributed by atoms with Crippen LogP contribution in [0.2, 0.25) is 5.02 Å². The van der Waals surface area contributed by atoms with Gasteiger partial charge in [-0.2, -0.15) is 8.42 Å². The fraction of sp³-hybridized carbons (Fsp3) is 0.118. The molecule has 1 heterocycles. The Morgan fingerprint density at radius 2 is 1.81 bits per heavy atom. The molecule has 1 amide bonds. The quantitative estimate of drug-likeness (QED) is 0.588. The minimum Gasteiger partial charge on any atom is -0.296 e. The summed E-state index contributed by atoms with van der Waals surface area (Å²) in [5, 5.41) is 10.5. The van der Waals surface area contributed by atoms with Crippen molar-refractivity contribution in [1.29, 1.82) is 0 Å². The minimum atomic E-state index is -3.90. The van der Waals surface area contributed by atoms with E-state index in [0.717, 1.165) is 16.9 Å². The molecule has 7 nitrogen and oxygen atoms in total. The normalized spacial score (nSPS) is 11.2. The second-order valence-corrected chi connectivity index (χ2v) is 8.72. The summed E-state index contributed by atoms with van der Waals surface area (Å²) in [7, 11) is -3.90. The number of hydrogen-bond donors (Lipinski definition) is 2. The van der Waals surface area contributed by atoms with Gasteiger partial charge >= 0.3 is 0 Å². The first-order valence-electron chi connectivity index (χ1n) is 7.90. The van der Waals surface area contributed by atoms with E-state index in [9.17, 15) is 13.2 Å². The van der Waals surface area contributed by atoms with E-state index in [1.165, 1.54) is 0 Å². The molecule has 0 fully saturated rings. The van der Waals surface area contributed by atoms with Gasteiger partial charge in [0.2, 0.25) is 5.13 Å². The third-order valence-electron chi connectivity index (χ3n) is 3.61. The standard InChI is InChI=1S/C17H15ClN4O3S2/c1-2-11-5-3-4-6-14(11)22-27(24,25)17-21-20-16(26-17)19-15(23)12-7-9-13(18)10-8-12/h3-10,22H,2H2,1H3,(H,19,20,23). The van der Waals surface area contributed by atoms with Gasteiger partial charge in [0.25, 0.3) is 20.3 Å². The van der Waals surface area contributed by atoms with Gasteiger partial charge in [-0.3, -0.25) is 14.8 Å². The molecule has 27 heavy (non-hydrogen) atoms. The number of carbonyl (C=O) groups excluding carboxylic acids is 1. The van der Waals surface area contributed by atoms with Crippen LogP contribution in [-0.4, -0.2) is 24.5 Å². The molecular weight excluding hydrogens is 408 g/mol. The molecule has 1 aromatic heterocycles. The predicted molar refractivity (Wildman–Crippen MR) is 106 cm³/mol. The van der Waals surface area contributed by atoms with Crippen LogP contribution in [0, 0.1) is 0 Å². The summed E-state index contributed by atoms with van der Waals surface area (Å²) in [4.78, 5) is 12.2. The van der Waals surface area contributed by atoms with Crippen LogP contribution in [0.5, 0.6) is 0 Å². The maximum absolute atomic E-state index is 12.5. The molecule has 140 valence electrons. The molecule has 2 N–H and O–H groups in total. The van der Waals surface area contributed by atoms with E-state index in [0.29, 0.717) is 22.7 Å². The van der Waals surface area contributed by atoms with E-state index in [4.69, 9.17) is 11.6 Å². The molecule has 0 unspecified atom stereocenters. The largest absolute Gasteiger partial charge is 0.296 e. The van der Waals surface area contributed by atoms with Crippen molar-refractivity contribution in [1.82, 2.24) is 10.2 Å². The third kappa shape index (κ3) is 4.62. The van der Waals surface area contributed by atoms with E-state index in [2.05, 4.69) is 20.2 Å². The number of para-hydroxylation sites is 1. The lowest BCUT2D eigenvalue weighted by atomic mass is 10.1. The molecule has 3 rings (SSSR count). The molecule has 0 bridgehead atoms. The van der Waals surface area contributed by atoms with Gasteiger partial charge in [-0.1, -0.05) is 48.1 Å². The van der Waals surface area contributed by atoms with Gasteiger partial charge < -0.3 is 0 Å². The van der Waals surface area contributed by atoms with Gasteiger partial charge in [0.15, 0.2) is 0 Å². The van der Waals surface area contributed by atoms with Crippen molar-refractivity contribution in [3.8, 4) is 0 Å². The first kappa shape index (κ1) is 19.3. The Morgan fingerprint density at radius 3 is 2.52 bits per heavy atom.